The molecule has 0 radical (unpaired) electrons. The summed E-state index contributed by atoms with van der Waals surface area (Å²) < 4.78 is 13.4. The standard InChI is InChI=1S/C24H19FN4O/c1-16-5-9-21(10-6-16)27-24(30)17-7-11-20(12-8-17)26-23-14-13-22(28-29-23)18-3-2-4-19(25)15-18/h2-15H,1H3,(H,26,29)(H,27,30). The van der Waals surface area contributed by atoms with Gasteiger partial charge in [-0.15, -0.1) is 10.2 Å². The summed E-state index contributed by atoms with van der Waals surface area (Å²) in [5, 5.41) is 14.3. The highest BCUT2D eigenvalue weighted by atomic mass is 19.1. The maximum Gasteiger partial charge on any atom is 0.255 e. The summed E-state index contributed by atoms with van der Waals surface area (Å²) in [6, 6.07) is 24.5. The van der Waals surface area contributed by atoms with Crippen LogP contribution in [0.5, 0.6) is 0 Å². The lowest BCUT2D eigenvalue weighted by molar-refractivity contribution is 0.102. The average molecular weight is 398 g/mol. The Morgan fingerprint density at radius 3 is 2.23 bits per heavy atom. The van der Waals surface area contributed by atoms with E-state index in [0.29, 0.717) is 22.6 Å². The summed E-state index contributed by atoms with van der Waals surface area (Å²) in [4.78, 5) is 12.4. The number of rotatable bonds is 5. The first-order valence-corrected chi connectivity index (χ1v) is 9.42. The van der Waals surface area contributed by atoms with E-state index in [2.05, 4.69) is 20.8 Å². The van der Waals surface area contributed by atoms with Crippen molar-refractivity contribution in [3.05, 3.63) is 102 Å². The van der Waals surface area contributed by atoms with Crippen LogP contribution in [0.3, 0.4) is 0 Å². The lowest BCUT2D eigenvalue weighted by Crippen LogP contribution is -2.11. The largest absolute Gasteiger partial charge is 0.339 e. The molecule has 0 unspecified atom stereocenters. The lowest BCUT2D eigenvalue weighted by atomic mass is 10.1. The van der Waals surface area contributed by atoms with Gasteiger partial charge in [-0.3, -0.25) is 4.79 Å². The minimum Gasteiger partial charge on any atom is -0.339 e. The molecule has 148 valence electrons. The van der Waals surface area contributed by atoms with E-state index < -0.39 is 0 Å². The molecule has 1 amide bonds. The van der Waals surface area contributed by atoms with Crippen LogP contribution in [0, 0.1) is 12.7 Å². The molecule has 0 aliphatic heterocycles. The monoisotopic (exact) mass is 398 g/mol. The van der Waals surface area contributed by atoms with Gasteiger partial charge in [-0.2, -0.15) is 0 Å². The van der Waals surface area contributed by atoms with E-state index in [1.807, 2.05) is 31.2 Å². The van der Waals surface area contributed by atoms with E-state index in [1.165, 1.54) is 12.1 Å². The minimum atomic E-state index is -0.317. The number of anilines is 3. The van der Waals surface area contributed by atoms with Crippen LogP contribution in [0.4, 0.5) is 21.6 Å². The van der Waals surface area contributed by atoms with Crippen LogP contribution in [-0.2, 0) is 0 Å². The molecule has 30 heavy (non-hydrogen) atoms. The Labute approximate surface area is 173 Å². The number of nitrogens with zero attached hydrogens (tertiary/aromatic N) is 2. The van der Waals surface area contributed by atoms with Crippen molar-refractivity contribution in [2.45, 2.75) is 6.92 Å². The number of hydrogen-bond acceptors (Lipinski definition) is 4. The molecule has 0 aliphatic rings. The number of halogens is 1. The van der Waals surface area contributed by atoms with E-state index >= 15 is 0 Å². The van der Waals surface area contributed by atoms with E-state index in [1.54, 1.807) is 48.5 Å². The molecule has 2 N–H and O–H groups in total. The van der Waals surface area contributed by atoms with Crippen molar-refractivity contribution in [1.29, 1.82) is 0 Å². The second-order valence-corrected chi connectivity index (χ2v) is 6.84. The van der Waals surface area contributed by atoms with E-state index in [4.69, 9.17) is 0 Å². The normalized spacial score (nSPS) is 10.5. The van der Waals surface area contributed by atoms with Crippen molar-refractivity contribution in [3.63, 3.8) is 0 Å². The van der Waals surface area contributed by atoms with Crippen LogP contribution in [0.1, 0.15) is 15.9 Å². The molecular formula is C24H19FN4O. The summed E-state index contributed by atoms with van der Waals surface area (Å²) in [7, 11) is 0. The second kappa shape index (κ2) is 8.53. The highest BCUT2D eigenvalue weighted by Gasteiger charge is 2.07. The molecule has 0 fully saturated rings. The van der Waals surface area contributed by atoms with Crippen molar-refractivity contribution in [2.75, 3.05) is 10.6 Å². The molecule has 0 aliphatic carbocycles. The van der Waals surface area contributed by atoms with Gasteiger partial charge in [0, 0.05) is 22.5 Å². The Hall–Kier alpha value is -4.06. The van der Waals surface area contributed by atoms with Gasteiger partial charge >= 0.3 is 0 Å². The first kappa shape index (κ1) is 19.3. The third kappa shape index (κ3) is 4.67. The maximum absolute atomic E-state index is 13.4. The van der Waals surface area contributed by atoms with Crippen molar-refractivity contribution in [3.8, 4) is 11.3 Å². The van der Waals surface area contributed by atoms with Crippen molar-refractivity contribution in [2.24, 2.45) is 0 Å². The summed E-state index contributed by atoms with van der Waals surface area (Å²) in [5.74, 6) is 0.0552. The summed E-state index contributed by atoms with van der Waals surface area (Å²) >= 11 is 0. The Kier molecular flexibility index (Phi) is 5.48. The van der Waals surface area contributed by atoms with Gasteiger partial charge in [-0.1, -0.05) is 29.8 Å². The first-order valence-electron chi connectivity index (χ1n) is 9.42. The average Bonchev–Trinajstić information content (AvgIpc) is 2.76. The van der Waals surface area contributed by atoms with E-state index in [-0.39, 0.29) is 11.7 Å². The van der Waals surface area contributed by atoms with Crippen LogP contribution < -0.4 is 10.6 Å². The maximum atomic E-state index is 13.4. The molecule has 0 saturated heterocycles. The third-order valence-electron chi connectivity index (χ3n) is 4.51. The van der Waals surface area contributed by atoms with Crippen molar-refractivity contribution >= 4 is 23.1 Å². The number of carbonyl (C=O) groups is 1. The molecule has 1 aromatic heterocycles. The highest BCUT2D eigenvalue weighted by molar-refractivity contribution is 6.04. The molecule has 4 rings (SSSR count). The fraction of sp³-hybridized carbons (Fsp3) is 0.0417. The SMILES string of the molecule is Cc1ccc(NC(=O)c2ccc(Nc3ccc(-c4cccc(F)c4)nn3)cc2)cc1. The smallest absolute Gasteiger partial charge is 0.255 e. The molecular weight excluding hydrogens is 379 g/mol. The molecule has 0 bridgehead atoms. The van der Waals surface area contributed by atoms with Crippen LogP contribution in [0.15, 0.2) is 84.9 Å². The zero-order valence-electron chi connectivity index (χ0n) is 16.3. The van der Waals surface area contributed by atoms with Crippen molar-refractivity contribution < 1.29 is 9.18 Å². The number of hydrogen-bond donors (Lipinski definition) is 2. The van der Waals surface area contributed by atoms with E-state index in [0.717, 1.165) is 16.9 Å². The summed E-state index contributed by atoms with van der Waals surface area (Å²) in [6.45, 7) is 2.00. The quantitative estimate of drug-likeness (QED) is 0.460. The van der Waals surface area contributed by atoms with Gasteiger partial charge in [-0.05, 0) is 67.6 Å². The summed E-state index contributed by atoms with van der Waals surface area (Å²) in [5.41, 5.74) is 4.46. The molecule has 0 spiro atoms. The molecule has 1 heterocycles. The second-order valence-electron chi connectivity index (χ2n) is 6.84. The fourth-order valence-corrected chi connectivity index (χ4v) is 2.89. The predicted molar refractivity (Wildman–Crippen MR) is 116 cm³/mol. The Morgan fingerprint density at radius 2 is 1.57 bits per heavy atom. The zero-order chi connectivity index (χ0) is 20.9. The van der Waals surface area contributed by atoms with Crippen molar-refractivity contribution in [1.82, 2.24) is 10.2 Å². The Bertz CT molecular complexity index is 1160. The van der Waals surface area contributed by atoms with Gasteiger partial charge in [0.05, 0.1) is 5.69 Å². The number of aromatic nitrogens is 2. The van der Waals surface area contributed by atoms with Crippen LogP contribution >= 0.6 is 0 Å². The number of aryl methyl sites for hydroxylation is 1. The fourth-order valence-electron chi connectivity index (χ4n) is 2.89. The topological polar surface area (TPSA) is 66.9 Å². The number of benzene rings is 3. The lowest BCUT2D eigenvalue weighted by Gasteiger charge is -2.08. The Morgan fingerprint density at radius 1 is 0.833 bits per heavy atom. The van der Waals surface area contributed by atoms with Crippen LogP contribution in [0.2, 0.25) is 0 Å². The van der Waals surface area contributed by atoms with E-state index in [9.17, 15) is 9.18 Å². The number of amides is 1. The number of carbonyl (C=O) groups excluding carboxylic acids is 1. The molecule has 0 atom stereocenters. The van der Waals surface area contributed by atoms with Crippen LogP contribution in [0.25, 0.3) is 11.3 Å². The highest BCUT2D eigenvalue weighted by Crippen LogP contribution is 2.20. The van der Waals surface area contributed by atoms with Gasteiger partial charge in [0.25, 0.3) is 5.91 Å². The minimum absolute atomic E-state index is 0.176. The summed E-state index contributed by atoms with van der Waals surface area (Å²) in [6.07, 6.45) is 0. The third-order valence-corrected chi connectivity index (χ3v) is 4.51. The van der Waals surface area contributed by atoms with Crippen LogP contribution in [-0.4, -0.2) is 16.1 Å². The van der Waals surface area contributed by atoms with Gasteiger partial charge in [-0.25, -0.2) is 4.39 Å². The molecule has 3 aromatic carbocycles. The first-order chi connectivity index (χ1) is 14.6. The molecule has 6 heteroatoms. The molecule has 0 saturated carbocycles. The van der Waals surface area contributed by atoms with Gasteiger partial charge in [0.15, 0.2) is 5.82 Å². The number of nitrogens with one attached hydrogen (secondary N) is 2. The van der Waals surface area contributed by atoms with Gasteiger partial charge in [0.2, 0.25) is 0 Å². The van der Waals surface area contributed by atoms with Gasteiger partial charge < -0.3 is 10.6 Å². The molecule has 4 aromatic rings. The predicted octanol–water partition coefficient (Wildman–Crippen LogP) is 5.59. The Balaban J connectivity index is 1.40. The zero-order valence-corrected chi connectivity index (χ0v) is 16.3. The molecule has 5 nitrogen and oxygen atoms in total. The van der Waals surface area contributed by atoms with Gasteiger partial charge in [0.1, 0.15) is 5.82 Å².